The lowest BCUT2D eigenvalue weighted by Crippen LogP contribution is -2.41. The van der Waals surface area contributed by atoms with Gasteiger partial charge in [-0.05, 0) is 43.1 Å². The maximum absolute atomic E-state index is 13.0. The van der Waals surface area contributed by atoms with E-state index in [1.54, 1.807) is 11.3 Å². The first-order valence-electron chi connectivity index (χ1n) is 7.03. The van der Waals surface area contributed by atoms with Crippen LogP contribution in [-0.2, 0) is 11.3 Å². The minimum atomic E-state index is -0.427. The minimum Gasteiger partial charge on any atom is -0.323 e. The van der Waals surface area contributed by atoms with E-state index in [-0.39, 0.29) is 17.0 Å². The molecular formula is C16H18ClFN2OS. The van der Waals surface area contributed by atoms with Crippen molar-refractivity contribution in [1.29, 1.82) is 0 Å². The average Bonchev–Trinajstić information content (AvgIpc) is 3.00. The summed E-state index contributed by atoms with van der Waals surface area (Å²) in [4.78, 5) is 15.7. The summed E-state index contributed by atoms with van der Waals surface area (Å²) >= 11 is 7.61. The fourth-order valence-electron chi connectivity index (χ4n) is 2.12. The lowest BCUT2D eigenvalue weighted by Gasteiger charge is -2.26. The molecule has 1 aromatic carbocycles. The van der Waals surface area contributed by atoms with Crippen molar-refractivity contribution in [3.8, 4) is 0 Å². The molecule has 3 nitrogen and oxygen atoms in total. The van der Waals surface area contributed by atoms with Gasteiger partial charge in [0.05, 0.1) is 16.8 Å². The van der Waals surface area contributed by atoms with E-state index in [9.17, 15) is 9.18 Å². The summed E-state index contributed by atoms with van der Waals surface area (Å²) in [5, 5.41) is 4.97. The molecule has 0 bridgehead atoms. The van der Waals surface area contributed by atoms with Gasteiger partial charge in [-0.15, -0.1) is 11.3 Å². The number of anilines is 1. The van der Waals surface area contributed by atoms with Crippen molar-refractivity contribution < 1.29 is 9.18 Å². The summed E-state index contributed by atoms with van der Waals surface area (Å²) in [6.45, 7) is 5.34. The molecule has 0 fully saturated rings. The van der Waals surface area contributed by atoms with Gasteiger partial charge in [0.1, 0.15) is 5.82 Å². The molecule has 0 saturated heterocycles. The number of amides is 1. The molecule has 0 aliphatic carbocycles. The number of carbonyl (C=O) groups excluding carboxylic acids is 1. The Balaban J connectivity index is 2.03. The van der Waals surface area contributed by atoms with Crippen molar-refractivity contribution in [2.75, 3.05) is 11.9 Å². The van der Waals surface area contributed by atoms with Gasteiger partial charge >= 0.3 is 0 Å². The molecule has 1 heterocycles. The fourth-order valence-corrected chi connectivity index (χ4v) is 3.06. The Bertz CT molecular complexity index is 633. The van der Waals surface area contributed by atoms with E-state index in [0.717, 1.165) is 13.1 Å². The van der Waals surface area contributed by atoms with Gasteiger partial charge in [-0.3, -0.25) is 9.69 Å². The van der Waals surface area contributed by atoms with Crippen molar-refractivity contribution in [3.05, 3.63) is 51.4 Å². The van der Waals surface area contributed by atoms with Gasteiger partial charge in [-0.25, -0.2) is 4.39 Å². The normalized spacial score (nSPS) is 12.4. The van der Waals surface area contributed by atoms with E-state index in [1.807, 2.05) is 25.3 Å². The van der Waals surface area contributed by atoms with Gasteiger partial charge in [-0.1, -0.05) is 24.6 Å². The van der Waals surface area contributed by atoms with Gasteiger partial charge in [-0.2, -0.15) is 0 Å². The zero-order chi connectivity index (χ0) is 16.1. The summed E-state index contributed by atoms with van der Waals surface area (Å²) in [6.07, 6.45) is 0. The predicted octanol–water partition coefficient (Wildman–Crippen LogP) is 4.39. The Kier molecular flexibility index (Phi) is 5.94. The minimum absolute atomic E-state index is 0.160. The zero-order valence-electron chi connectivity index (χ0n) is 12.5. The Hall–Kier alpha value is -1.43. The maximum Gasteiger partial charge on any atom is 0.241 e. The second-order valence-electron chi connectivity index (χ2n) is 4.93. The summed E-state index contributed by atoms with van der Waals surface area (Å²) in [6, 6.07) is 7.66. The molecule has 1 N–H and O–H groups in total. The molecule has 1 atom stereocenters. The number of carbonyl (C=O) groups is 1. The molecule has 2 rings (SSSR count). The lowest BCUT2D eigenvalue weighted by atomic mass is 10.2. The highest BCUT2D eigenvalue weighted by Gasteiger charge is 2.21. The first-order valence-corrected chi connectivity index (χ1v) is 8.29. The van der Waals surface area contributed by atoms with Crippen molar-refractivity contribution in [3.63, 3.8) is 0 Å². The van der Waals surface area contributed by atoms with Gasteiger partial charge in [0.15, 0.2) is 0 Å². The Morgan fingerprint density at radius 2 is 2.23 bits per heavy atom. The summed E-state index contributed by atoms with van der Waals surface area (Å²) in [5.41, 5.74) is 0.423. The molecular weight excluding hydrogens is 323 g/mol. The van der Waals surface area contributed by atoms with Crippen molar-refractivity contribution in [1.82, 2.24) is 4.90 Å². The number of halogens is 2. The van der Waals surface area contributed by atoms with Crippen LogP contribution < -0.4 is 5.32 Å². The third-order valence-electron chi connectivity index (χ3n) is 3.46. The van der Waals surface area contributed by atoms with Crippen molar-refractivity contribution >= 4 is 34.5 Å². The number of hydrogen-bond acceptors (Lipinski definition) is 3. The quantitative estimate of drug-likeness (QED) is 0.845. The number of rotatable bonds is 6. The highest BCUT2D eigenvalue weighted by molar-refractivity contribution is 7.09. The molecule has 6 heteroatoms. The second kappa shape index (κ2) is 7.72. The number of thiophene rings is 1. The highest BCUT2D eigenvalue weighted by Crippen LogP contribution is 2.23. The molecule has 22 heavy (non-hydrogen) atoms. The first kappa shape index (κ1) is 16.9. The van der Waals surface area contributed by atoms with Gasteiger partial charge in [0.2, 0.25) is 5.91 Å². The Morgan fingerprint density at radius 3 is 2.82 bits per heavy atom. The SMILES string of the molecule is CCN(Cc1cccs1)[C@H](C)C(=O)Nc1ccc(F)cc1Cl. The number of benzene rings is 1. The molecule has 1 aromatic heterocycles. The molecule has 0 aliphatic heterocycles. The van der Waals surface area contributed by atoms with Crippen LogP contribution in [0.2, 0.25) is 5.02 Å². The van der Waals surface area contributed by atoms with E-state index < -0.39 is 5.82 Å². The van der Waals surface area contributed by atoms with Crippen LogP contribution >= 0.6 is 22.9 Å². The van der Waals surface area contributed by atoms with Crippen molar-refractivity contribution in [2.45, 2.75) is 26.4 Å². The van der Waals surface area contributed by atoms with Crippen LogP contribution in [-0.4, -0.2) is 23.4 Å². The number of likely N-dealkylation sites (N-methyl/N-ethyl adjacent to an activating group) is 1. The van der Waals surface area contributed by atoms with E-state index in [4.69, 9.17) is 11.6 Å². The monoisotopic (exact) mass is 340 g/mol. The number of nitrogens with one attached hydrogen (secondary N) is 1. The zero-order valence-corrected chi connectivity index (χ0v) is 14.0. The smallest absolute Gasteiger partial charge is 0.241 e. The van der Waals surface area contributed by atoms with Gasteiger partial charge in [0, 0.05) is 11.4 Å². The van der Waals surface area contributed by atoms with Crippen molar-refractivity contribution in [2.24, 2.45) is 0 Å². The molecule has 0 saturated carbocycles. The van der Waals surface area contributed by atoms with Crippen LogP contribution in [0.1, 0.15) is 18.7 Å². The molecule has 1 amide bonds. The van der Waals surface area contributed by atoms with Crippen LogP contribution in [0.5, 0.6) is 0 Å². The molecule has 2 aromatic rings. The summed E-state index contributed by atoms with van der Waals surface area (Å²) in [5.74, 6) is -0.587. The third-order valence-corrected chi connectivity index (χ3v) is 4.64. The number of hydrogen-bond donors (Lipinski definition) is 1. The lowest BCUT2D eigenvalue weighted by molar-refractivity contribution is -0.120. The van der Waals surface area contributed by atoms with Crippen LogP contribution in [0.4, 0.5) is 10.1 Å². The predicted molar refractivity (Wildman–Crippen MR) is 89.9 cm³/mol. The fraction of sp³-hybridized carbons (Fsp3) is 0.312. The third kappa shape index (κ3) is 4.29. The Morgan fingerprint density at radius 1 is 1.45 bits per heavy atom. The van der Waals surface area contributed by atoms with Gasteiger partial charge in [0.25, 0.3) is 0 Å². The van der Waals surface area contributed by atoms with E-state index in [0.29, 0.717) is 5.69 Å². The number of nitrogens with zero attached hydrogens (tertiary/aromatic N) is 1. The highest BCUT2D eigenvalue weighted by atomic mass is 35.5. The standard InChI is InChI=1S/C16H18ClFN2OS/c1-3-20(10-13-5-4-8-22-13)11(2)16(21)19-15-7-6-12(18)9-14(15)17/h4-9,11H,3,10H2,1-2H3,(H,19,21)/t11-/m1/s1. The molecule has 0 radical (unpaired) electrons. The maximum atomic E-state index is 13.0. The van der Waals surface area contributed by atoms with Crippen LogP contribution in [0.3, 0.4) is 0 Å². The molecule has 118 valence electrons. The van der Waals surface area contributed by atoms with E-state index >= 15 is 0 Å². The van der Waals surface area contributed by atoms with Crippen LogP contribution in [0.15, 0.2) is 35.7 Å². The molecule has 0 unspecified atom stereocenters. The van der Waals surface area contributed by atoms with Crippen LogP contribution in [0, 0.1) is 5.82 Å². The summed E-state index contributed by atoms with van der Waals surface area (Å²) < 4.78 is 13.0. The van der Waals surface area contributed by atoms with Crippen LogP contribution in [0.25, 0.3) is 0 Å². The summed E-state index contributed by atoms with van der Waals surface area (Å²) in [7, 11) is 0. The molecule has 0 aliphatic rings. The topological polar surface area (TPSA) is 32.3 Å². The largest absolute Gasteiger partial charge is 0.323 e. The van der Waals surface area contributed by atoms with Gasteiger partial charge < -0.3 is 5.32 Å². The first-order chi connectivity index (χ1) is 10.5. The molecule has 0 spiro atoms. The second-order valence-corrected chi connectivity index (χ2v) is 6.37. The Labute approximate surface area is 138 Å². The van der Waals surface area contributed by atoms with E-state index in [2.05, 4.69) is 16.3 Å². The van der Waals surface area contributed by atoms with E-state index in [1.165, 1.54) is 23.1 Å². The average molecular weight is 341 g/mol.